The molecule has 8 heteroatoms. The maximum absolute atomic E-state index is 13.6. The van der Waals surface area contributed by atoms with E-state index in [9.17, 15) is 23.1 Å². The first-order valence-corrected chi connectivity index (χ1v) is 8.67. The molecule has 0 saturated carbocycles. The van der Waals surface area contributed by atoms with E-state index in [0.29, 0.717) is 0 Å². The molecule has 2 atom stereocenters. The fourth-order valence-electron chi connectivity index (χ4n) is 3.30. The zero-order chi connectivity index (χ0) is 20.5. The number of hydrogen-bond acceptors (Lipinski definition) is 3. The summed E-state index contributed by atoms with van der Waals surface area (Å²) in [5.41, 5.74) is -2.60. The molecule has 0 saturated heterocycles. The number of halogens is 3. The fraction of sp³-hybridized carbons (Fsp3) is 0.300. The van der Waals surface area contributed by atoms with E-state index in [4.69, 9.17) is 0 Å². The number of alkyl halides is 3. The van der Waals surface area contributed by atoms with E-state index in [1.165, 1.54) is 13.2 Å². The number of nitrogens with zero attached hydrogens (tertiary/aromatic N) is 2. The highest BCUT2D eigenvalue weighted by molar-refractivity contribution is 5.87. The molecule has 0 aliphatic rings. The molecule has 0 spiro atoms. The topological polar surface area (TPSA) is 67.2 Å². The minimum Gasteiger partial charge on any atom is -0.374 e. The first kappa shape index (κ1) is 19.9. The third kappa shape index (κ3) is 3.60. The Morgan fingerprint density at radius 2 is 1.89 bits per heavy atom. The molecule has 3 aromatic rings. The zero-order valence-electron chi connectivity index (χ0n) is 15.4. The van der Waals surface area contributed by atoms with E-state index in [1.807, 2.05) is 42.5 Å². The first-order chi connectivity index (χ1) is 13.1. The van der Waals surface area contributed by atoms with Crippen LogP contribution in [0.3, 0.4) is 0 Å². The van der Waals surface area contributed by atoms with Crippen molar-refractivity contribution in [3.63, 3.8) is 0 Å². The molecule has 2 N–H and O–H groups in total. The van der Waals surface area contributed by atoms with Crippen LogP contribution in [0.2, 0.25) is 0 Å². The van der Waals surface area contributed by atoms with Crippen LogP contribution in [0.25, 0.3) is 10.8 Å². The van der Waals surface area contributed by atoms with Gasteiger partial charge in [0, 0.05) is 19.4 Å². The van der Waals surface area contributed by atoms with Gasteiger partial charge in [0.05, 0.1) is 12.5 Å². The predicted molar refractivity (Wildman–Crippen MR) is 98.3 cm³/mol. The number of carbonyl (C=O) groups is 1. The largest absolute Gasteiger partial charge is 0.425 e. The van der Waals surface area contributed by atoms with Crippen LogP contribution in [0.5, 0.6) is 0 Å². The van der Waals surface area contributed by atoms with Gasteiger partial charge < -0.3 is 15.0 Å². The number of aromatic nitrogens is 2. The van der Waals surface area contributed by atoms with E-state index in [2.05, 4.69) is 10.3 Å². The van der Waals surface area contributed by atoms with E-state index < -0.39 is 36.0 Å². The Bertz CT molecular complexity index is 994. The monoisotopic (exact) mass is 391 g/mol. The van der Waals surface area contributed by atoms with Crippen LogP contribution in [-0.2, 0) is 17.4 Å². The van der Waals surface area contributed by atoms with Gasteiger partial charge in [0.15, 0.2) is 5.82 Å². The molecule has 0 aliphatic heterocycles. The first-order valence-electron chi connectivity index (χ1n) is 8.67. The maximum atomic E-state index is 13.6. The number of aryl methyl sites for hydroxylation is 1. The summed E-state index contributed by atoms with van der Waals surface area (Å²) >= 11 is 0. The number of carbonyl (C=O) groups excluding carboxylic acids is 1. The highest BCUT2D eigenvalue weighted by atomic mass is 19.4. The molecule has 2 aromatic carbocycles. The van der Waals surface area contributed by atoms with Gasteiger partial charge in [0.2, 0.25) is 11.5 Å². The predicted octanol–water partition coefficient (Wildman–Crippen LogP) is 3.59. The number of benzene rings is 2. The Labute approximate surface area is 159 Å². The highest BCUT2D eigenvalue weighted by Gasteiger charge is 2.58. The number of nitrogens with one attached hydrogen (secondary N) is 1. The number of rotatable bonds is 5. The van der Waals surface area contributed by atoms with Crippen molar-refractivity contribution < 1.29 is 23.1 Å². The second-order valence-electron chi connectivity index (χ2n) is 6.75. The number of amides is 1. The number of hydrogen-bond donors (Lipinski definition) is 2. The van der Waals surface area contributed by atoms with Gasteiger partial charge in [0.25, 0.3) is 0 Å². The van der Waals surface area contributed by atoms with Crippen LogP contribution in [-0.4, -0.2) is 26.7 Å². The summed E-state index contributed by atoms with van der Waals surface area (Å²) in [5.74, 6) is -1.56. The molecule has 3 rings (SSSR count). The van der Waals surface area contributed by atoms with Crippen LogP contribution in [0.4, 0.5) is 13.2 Å². The molecule has 2 unspecified atom stereocenters. The van der Waals surface area contributed by atoms with Gasteiger partial charge in [-0.05, 0) is 23.3 Å². The summed E-state index contributed by atoms with van der Waals surface area (Å²) in [5, 5.41) is 14.8. The van der Waals surface area contributed by atoms with Crippen molar-refractivity contribution in [2.45, 2.75) is 31.2 Å². The average Bonchev–Trinajstić information content (AvgIpc) is 3.06. The molecular weight excluding hydrogens is 371 g/mol. The van der Waals surface area contributed by atoms with Gasteiger partial charge in [-0.3, -0.25) is 4.79 Å². The van der Waals surface area contributed by atoms with E-state index >= 15 is 0 Å². The van der Waals surface area contributed by atoms with E-state index in [-0.39, 0.29) is 0 Å². The van der Waals surface area contributed by atoms with Crippen LogP contribution in [0, 0.1) is 0 Å². The summed E-state index contributed by atoms with van der Waals surface area (Å²) in [4.78, 5) is 16.0. The molecule has 0 bridgehead atoms. The normalized spacial score (nSPS) is 15.2. The lowest BCUT2D eigenvalue weighted by molar-refractivity contribution is -0.271. The van der Waals surface area contributed by atoms with Crippen molar-refractivity contribution in [3.05, 3.63) is 66.2 Å². The summed E-state index contributed by atoms with van der Waals surface area (Å²) < 4.78 is 41.8. The SMILES string of the molecule is CC(NC(=O)CC(O)(c1nccn1C)C(F)(F)F)c1cccc2ccccc12. The molecule has 5 nitrogen and oxygen atoms in total. The fourth-order valence-corrected chi connectivity index (χ4v) is 3.30. The Morgan fingerprint density at radius 3 is 2.54 bits per heavy atom. The standard InChI is InChI=1S/C20H20F3N3O2/c1-13(15-9-5-7-14-6-3-4-8-16(14)15)25-17(27)12-19(28,20(21,22)23)18-24-10-11-26(18)2/h3-11,13,28H,12H2,1-2H3,(H,25,27). The summed E-state index contributed by atoms with van der Waals surface area (Å²) in [6.45, 7) is 1.69. The Morgan fingerprint density at radius 1 is 1.21 bits per heavy atom. The average molecular weight is 391 g/mol. The van der Waals surface area contributed by atoms with Crippen molar-refractivity contribution in [2.75, 3.05) is 0 Å². The van der Waals surface area contributed by atoms with Crippen molar-refractivity contribution in [1.29, 1.82) is 0 Å². The quantitative estimate of drug-likeness (QED) is 0.699. The Kier molecular flexibility index (Phi) is 5.16. The van der Waals surface area contributed by atoms with Crippen molar-refractivity contribution in [2.24, 2.45) is 7.05 Å². The molecule has 0 aliphatic carbocycles. The molecule has 1 amide bonds. The summed E-state index contributed by atoms with van der Waals surface area (Å²) in [6.07, 6.45) is -3.83. The van der Waals surface area contributed by atoms with Crippen molar-refractivity contribution >= 4 is 16.7 Å². The van der Waals surface area contributed by atoms with Crippen LogP contribution >= 0.6 is 0 Å². The lowest BCUT2D eigenvalue weighted by Gasteiger charge is -2.30. The molecule has 1 aromatic heterocycles. The molecule has 148 valence electrons. The van der Waals surface area contributed by atoms with E-state index in [0.717, 1.165) is 27.1 Å². The lowest BCUT2D eigenvalue weighted by Crippen LogP contribution is -2.48. The summed E-state index contributed by atoms with van der Waals surface area (Å²) in [6, 6.07) is 12.5. The third-order valence-corrected chi connectivity index (χ3v) is 4.74. The maximum Gasteiger partial charge on any atom is 0.425 e. The molecular formula is C20H20F3N3O2. The second-order valence-corrected chi connectivity index (χ2v) is 6.75. The van der Waals surface area contributed by atoms with Gasteiger partial charge in [-0.15, -0.1) is 0 Å². The molecule has 0 radical (unpaired) electrons. The summed E-state index contributed by atoms with van der Waals surface area (Å²) in [7, 11) is 1.33. The number of fused-ring (bicyclic) bond motifs is 1. The number of aliphatic hydroxyl groups is 1. The van der Waals surface area contributed by atoms with Gasteiger partial charge in [-0.25, -0.2) is 4.98 Å². The molecule has 28 heavy (non-hydrogen) atoms. The second kappa shape index (κ2) is 7.27. The smallest absolute Gasteiger partial charge is 0.374 e. The van der Waals surface area contributed by atoms with Gasteiger partial charge in [-0.2, -0.15) is 13.2 Å². The van der Waals surface area contributed by atoms with Crippen LogP contribution in [0.15, 0.2) is 54.9 Å². The molecule has 0 fully saturated rings. The molecule has 1 heterocycles. The third-order valence-electron chi connectivity index (χ3n) is 4.74. The van der Waals surface area contributed by atoms with Gasteiger partial charge in [-0.1, -0.05) is 42.5 Å². The number of imidazole rings is 1. The lowest BCUT2D eigenvalue weighted by atomic mass is 9.96. The Balaban J connectivity index is 1.84. The van der Waals surface area contributed by atoms with Crippen LogP contribution in [0.1, 0.15) is 30.8 Å². The van der Waals surface area contributed by atoms with E-state index in [1.54, 1.807) is 6.92 Å². The minimum atomic E-state index is -5.06. The Hall–Kier alpha value is -2.87. The van der Waals surface area contributed by atoms with Crippen molar-refractivity contribution in [1.82, 2.24) is 14.9 Å². The highest BCUT2D eigenvalue weighted by Crippen LogP contribution is 2.40. The van der Waals surface area contributed by atoms with Gasteiger partial charge in [0.1, 0.15) is 0 Å². The van der Waals surface area contributed by atoms with Crippen molar-refractivity contribution in [3.8, 4) is 0 Å². The van der Waals surface area contributed by atoms with Gasteiger partial charge >= 0.3 is 6.18 Å². The minimum absolute atomic E-state index is 0.544. The zero-order valence-corrected chi connectivity index (χ0v) is 15.4. The van der Waals surface area contributed by atoms with Crippen LogP contribution < -0.4 is 5.32 Å².